The van der Waals surface area contributed by atoms with Crippen LogP contribution < -0.4 is 0 Å². The number of hydrogen-bond acceptors (Lipinski definition) is 3. The summed E-state index contributed by atoms with van der Waals surface area (Å²) in [6.07, 6.45) is 2.81. The van der Waals surface area contributed by atoms with E-state index in [1.54, 1.807) is 0 Å². The topological polar surface area (TPSA) is 29.5 Å². The van der Waals surface area contributed by atoms with Gasteiger partial charge in [-0.2, -0.15) is 0 Å². The summed E-state index contributed by atoms with van der Waals surface area (Å²) >= 11 is 0. The first kappa shape index (κ1) is 13.4. The summed E-state index contributed by atoms with van der Waals surface area (Å²) in [5.41, 5.74) is 0. The van der Waals surface area contributed by atoms with Crippen molar-refractivity contribution >= 4 is 5.97 Å². The maximum Gasteiger partial charge on any atom is 0.305 e. The van der Waals surface area contributed by atoms with Crippen molar-refractivity contribution in [2.75, 3.05) is 26.7 Å². The van der Waals surface area contributed by atoms with Gasteiger partial charge in [0, 0.05) is 6.42 Å². The molecule has 0 N–H and O–H groups in total. The second-order valence-electron chi connectivity index (χ2n) is 3.78. The standard InChI is InChI=1S/C10H19NO2.CH4/c1-3-10(12)13-8-9-4-6-11(2)7-5-9;/h9H,3-8H2,1-2H3;1H4. The van der Waals surface area contributed by atoms with Crippen LogP contribution in [0, 0.1) is 5.92 Å². The van der Waals surface area contributed by atoms with Gasteiger partial charge in [0.15, 0.2) is 0 Å². The average molecular weight is 201 g/mol. The number of nitrogens with zero attached hydrogens (tertiary/aromatic N) is 1. The highest BCUT2D eigenvalue weighted by molar-refractivity contribution is 5.68. The fourth-order valence-corrected chi connectivity index (χ4v) is 1.54. The number of ether oxygens (including phenoxy) is 1. The van der Waals surface area contributed by atoms with Crippen molar-refractivity contribution in [2.24, 2.45) is 5.92 Å². The van der Waals surface area contributed by atoms with E-state index >= 15 is 0 Å². The second kappa shape index (κ2) is 6.82. The molecular weight excluding hydrogens is 178 g/mol. The molecule has 3 nitrogen and oxygen atoms in total. The predicted molar refractivity (Wildman–Crippen MR) is 58.2 cm³/mol. The van der Waals surface area contributed by atoms with E-state index in [1.807, 2.05) is 6.92 Å². The van der Waals surface area contributed by atoms with Gasteiger partial charge in [-0.3, -0.25) is 4.79 Å². The van der Waals surface area contributed by atoms with E-state index in [2.05, 4.69) is 11.9 Å². The van der Waals surface area contributed by atoms with Gasteiger partial charge in [0.25, 0.3) is 0 Å². The van der Waals surface area contributed by atoms with Gasteiger partial charge in [-0.05, 0) is 38.9 Å². The normalized spacial score (nSPS) is 18.7. The van der Waals surface area contributed by atoms with Crippen LogP contribution in [-0.4, -0.2) is 37.6 Å². The zero-order valence-electron chi connectivity index (χ0n) is 8.58. The van der Waals surface area contributed by atoms with E-state index in [1.165, 1.54) is 0 Å². The maximum absolute atomic E-state index is 10.9. The van der Waals surface area contributed by atoms with E-state index < -0.39 is 0 Å². The quantitative estimate of drug-likeness (QED) is 0.653. The average Bonchev–Trinajstić information content (AvgIpc) is 2.16. The highest BCUT2D eigenvalue weighted by Gasteiger charge is 2.17. The molecule has 0 saturated carbocycles. The summed E-state index contributed by atoms with van der Waals surface area (Å²) in [4.78, 5) is 13.2. The van der Waals surface area contributed by atoms with Crippen molar-refractivity contribution in [3.8, 4) is 0 Å². The fourth-order valence-electron chi connectivity index (χ4n) is 1.54. The van der Waals surface area contributed by atoms with Crippen molar-refractivity contribution in [2.45, 2.75) is 33.6 Å². The molecule has 0 atom stereocenters. The molecule has 1 saturated heterocycles. The number of piperidine rings is 1. The zero-order chi connectivity index (χ0) is 9.68. The van der Waals surface area contributed by atoms with Crippen molar-refractivity contribution in [3.63, 3.8) is 0 Å². The Hall–Kier alpha value is -0.570. The van der Waals surface area contributed by atoms with Crippen LogP contribution in [0.2, 0.25) is 0 Å². The van der Waals surface area contributed by atoms with Gasteiger partial charge >= 0.3 is 5.97 Å². The largest absolute Gasteiger partial charge is 0.465 e. The van der Waals surface area contributed by atoms with Crippen molar-refractivity contribution in [1.82, 2.24) is 4.90 Å². The summed E-state index contributed by atoms with van der Waals surface area (Å²) in [5.74, 6) is 0.519. The molecule has 0 radical (unpaired) electrons. The Morgan fingerprint density at radius 1 is 1.43 bits per heavy atom. The Balaban J connectivity index is 0.00000169. The Morgan fingerprint density at radius 2 is 2.00 bits per heavy atom. The molecule has 0 aromatic heterocycles. The number of esters is 1. The van der Waals surface area contributed by atoms with Gasteiger partial charge < -0.3 is 9.64 Å². The van der Waals surface area contributed by atoms with Gasteiger partial charge in [-0.15, -0.1) is 0 Å². The molecule has 0 bridgehead atoms. The van der Waals surface area contributed by atoms with Gasteiger partial charge in [0.2, 0.25) is 0 Å². The molecule has 0 aromatic rings. The summed E-state index contributed by atoms with van der Waals surface area (Å²) in [6, 6.07) is 0. The van der Waals surface area contributed by atoms with Crippen LogP contribution in [0.1, 0.15) is 33.6 Å². The monoisotopic (exact) mass is 201 g/mol. The van der Waals surface area contributed by atoms with Crippen LogP contribution in [0.15, 0.2) is 0 Å². The molecule has 1 heterocycles. The SMILES string of the molecule is C.CCC(=O)OCC1CCN(C)CC1. The number of likely N-dealkylation sites (tertiary alicyclic amines) is 1. The minimum absolute atomic E-state index is 0. The van der Waals surface area contributed by atoms with Gasteiger partial charge in [0.05, 0.1) is 6.61 Å². The molecule has 14 heavy (non-hydrogen) atoms. The minimum Gasteiger partial charge on any atom is -0.465 e. The van der Waals surface area contributed by atoms with Crippen LogP contribution in [0.25, 0.3) is 0 Å². The molecule has 0 spiro atoms. The molecule has 1 fully saturated rings. The predicted octanol–water partition coefficient (Wildman–Crippen LogP) is 1.92. The third kappa shape index (κ3) is 4.61. The number of rotatable bonds is 3. The molecule has 0 aliphatic carbocycles. The Kier molecular flexibility index (Phi) is 6.54. The molecule has 0 unspecified atom stereocenters. The maximum atomic E-state index is 10.9. The highest BCUT2D eigenvalue weighted by Crippen LogP contribution is 2.16. The molecule has 3 heteroatoms. The Morgan fingerprint density at radius 3 is 2.50 bits per heavy atom. The lowest BCUT2D eigenvalue weighted by Gasteiger charge is -2.28. The van der Waals surface area contributed by atoms with E-state index in [0.29, 0.717) is 18.9 Å². The summed E-state index contributed by atoms with van der Waals surface area (Å²) in [7, 11) is 2.13. The van der Waals surface area contributed by atoms with Crippen LogP contribution >= 0.6 is 0 Å². The summed E-state index contributed by atoms with van der Waals surface area (Å²) < 4.78 is 5.11. The first-order chi connectivity index (χ1) is 6.22. The van der Waals surface area contributed by atoms with Crippen molar-refractivity contribution in [1.29, 1.82) is 0 Å². The first-order valence-corrected chi connectivity index (χ1v) is 5.06. The zero-order valence-corrected chi connectivity index (χ0v) is 8.58. The third-order valence-corrected chi connectivity index (χ3v) is 2.61. The van der Waals surface area contributed by atoms with Gasteiger partial charge in [0.1, 0.15) is 0 Å². The number of hydrogen-bond donors (Lipinski definition) is 0. The second-order valence-corrected chi connectivity index (χ2v) is 3.78. The first-order valence-electron chi connectivity index (χ1n) is 5.06. The molecule has 1 aliphatic rings. The Bertz CT molecular complexity index is 163. The molecule has 1 rings (SSSR count). The molecule has 0 aromatic carbocycles. The fraction of sp³-hybridized carbons (Fsp3) is 0.909. The molecule has 1 aliphatic heterocycles. The number of carbonyl (C=O) groups excluding carboxylic acids is 1. The minimum atomic E-state index is -0.0704. The summed E-state index contributed by atoms with van der Waals surface area (Å²) in [5, 5.41) is 0. The van der Waals surface area contributed by atoms with E-state index in [4.69, 9.17) is 4.74 Å². The Labute approximate surface area is 87.4 Å². The van der Waals surface area contributed by atoms with Crippen molar-refractivity contribution < 1.29 is 9.53 Å². The van der Waals surface area contributed by atoms with Crippen LogP contribution in [0.3, 0.4) is 0 Å². The van der Waals surface area contributed by atoms with E-state index in [0.717, 1.165) is 25.9 Å². The van der Waals surface area contributed by atoms with Gasteiger partial charge in [-0.25, -0.2) is 0 Å². The lowest BCUT2D eigenvalue weighted by atomic mass is 9.98. The third-order valence-electron chi connectivity index (χ3n) is 2.61. The summed E-state index contributed by atoms with van der Waals surface area (Å²) in [6.45, 7) is 4.72. The number of carbonyl (C=O) groups is 1. The molecule has 84 valence electrons. The lowest BCUT2D eigenvalue weighted by Crippen LogP contribution is -2.32. The van der Waals surface area contributed by atoms with Crippen LogP contribution in [-0.2, 0) is 9.53 Å². The van der Waals surface area contributed by atoms with Crippen molar-refractivity contribution in [3.05, 3.63) is 0 Å². The van der Waals surface area contributed by atoms with Gasteiger partial charge in [-0.1, -0.05) is 14.4 Å². The molecular formula is C11H23NO2. The lowest BCUT2D eigenvalue weighted by molar-refractivity contribution is -0.145. The van der Waals surface area contributed by atoms with E-state index in [9.17, 15) is 4.79 Å². The molecule has 0 amide bonds. The van der Waals surface area contributed by atoms with Crippen LogP contribution in [0.5, 0.6) is 0 Å². The highest BCUT2D eigenvalue weighted by atomic mass is 16.5. The van der Waals surface area contributed by atoms with Crippen LogP contribution in [0.4, 0.5) is 0 Å². The smallest absolute Gasteiger partial charge is 0.305 e. The van der Waals surface area contributed by atoms with E-state index in [-0.39, 0.29) is 13.4 Å².